The number of hydrogen-bond donors (Lipinski definition) is 0. The fourth-order valence-corrected chi connectivity index (χ4v) is 0.796. The van der Waals surface area contributed by atoms with Crippen molar-refractivity contribution in [2.75, 3.05) is 13.1 Å². The maximum atomic E-state index is 11.4. The predicted molar refractivity (Wildman–Crippen MR) is 54.1 cm³/mol. The minimum Gasteiger partial charge on any atom is -0.444 e. The highest BCUT2D eigenvalue weighted by Gasteiger charge is 2.20. The topological polar surface area (TPSA) is 46.6 Å². The van der Waals surface area contributed by atoms with Crippen molar-refractivity contribution >= 4 is 12.4 Å². The summed E-state index contributed by atoms with van der Waals surface area (Å²) in [4.78, 5) is 23.0. The van der Waals surface area contributed by atoms with Gasteiger partial charge in [-0.15, -0.1) is 6.58 Å². The predicted octanol–water partition coefficient (Wildman–Crippen LogP) is 1.61. The van der Waals surface area contributed by atoms with Crippen LogP contribution in [0.2, 0.25) is 0 Å². The Bertz CT molecular complexity index is 208. The van der Waals surface area contributed by atoms with Crippen LogP contribution in [0.4, 0.5) is 4.79 Å². The molecule has 14 heavy (non-hydrogen) atoms. The Labute approximate surface area is 84.5 Å². The van der Waals surface area contributed by atoms with Crippen molar-refractivity contribution in [2.24, 2.45) is 0 Å². The summed E-state index contributed by atoms with van der Waals surface area (Å²) in [6.45, 7) is 9.17. The first-order chi connectivity index (χ1) is 6.40. The van der Waals surface area contributed by atoms with Gasteiger partial charge in [-0.1, -0.05) is 6.08 Å². The van der Waals surface area contributed by atoms with Crippen LogP contribution in [0.5, 0.6) is 0 Å². The molecule has 0 heterocycles. The van der Waals surface area contributed by atoms with E-state index in [0.717, 1.165) is 0 Å². The van der Waals surface area contributed by atoms with Crippen LogP contribution in [0.25, 0.3) is 0 Å². The molecule has 0 atom stereocenters. The molecule has 0 aromatic rings. The molecule has 0 bridgehead atoms. The van der Waals surface area contributed by atoms with Gasteiger partial charge in [0, 0.05) is 6.54 Å². The quantitative estimate of drug-likeness (QED) is 0.510. The fourth-order valence-electron chi connectivity index (χ4n) is 0.796. The molecule has 0 unspecified atom stereocenters. The normalized spacial score (nSPS) is 10.5. The molecule has 0 fully saturated rings. The lowest BCUT2D eigenvalue weighted by Crippen LogP contribution is -2.37. The number of nitrogens with zero attached hydrogens (tertiary/aromatic N) is 1. The average Bonchev–Trinajstić information content (AvgIpc) is 2.01. The Balaban J connectivity index is 4.28. The molecule has 0 aromatic carbocycles. The number of hydrogen-bond acceptors (Lipinski definition) is 3. The summed E-state index contributed by atoms with van der Waals surface area (Å²) >= 11 is 0. The van der Waals surface area contributed by atoms with Crippen molar-refractivity contribution < 1.29 is 14.3 Å². The highest BCUT2D eigenvalue weighted by molar-refractivity contribution is 5.71. The minimum absolute atomic E-state index is 0.0287. The zero-order chi connectivity index (χ0) is 11.2. The standard InChI is InChI=1S/C10H17NO3/c1-5-6-11(7-8-12)9(13)14-10(2,3)4/h5,8H,1,6-7H2,2-4H3. The number of ether oxygens (including phenoxy) is 1. The van der Waals surface area contributed by atoms with Crippen LogP contribution < -0.4 is 0 Å². The van der Waals surface area contributed by atoms with Crippen molar-refractivity contribution in [3.63, 3.8) is 0 Å². The van der Waals surface area contributed by atoms with E-state index in [1.807, 2.05) is 0 Å². The molecule has 0 aliphatic carbocycles. The molecule has 0 aliphatic heterocycles. The third-order valence-electron chi connectivity index (χ3n) is 1.30. The number of carbonyl (C=O) groups excluding carboxylic acids is 2. The summed E-state index contributed by atoms with van der Waals surface area (Å²) < 4.78 is 5.09. The molecule has 0 aromatic heterocycles. The summed E-state index contributed by atoms with van der Waals surface area (Å²) in [5, 5.41) is 0. The summed E-state index contributed by atoms with van der Waals surface area (Å²) in [5.74, 6) is 0. The molecular weight excluding hydrogens is 182 g/mol. The maximum Gasteiger partial charge on any atom is 0.410 e. The lowest BCUT2D eigenvalue weighted by atomic mass is 10.2. The Hall–Kier alpha value is -1.32. The van der Waals surface area contributed by atoms with Gasteiger partial charge in [0.2, 0.25) is 0 Å². The lowest BCUT2D eigenvalue weighted by molar-refractivity contribution is -0.108. The van der Waals surface area contributed by atoms with Gasteiger partial charge < -0.3 is 9.53 Å². The molecule has 0 N–H and O–H groups in total. The summed E-state index contributed by atoms with van der Waals surface area (Å²) in [5.41, 5.74) is -0.542. The van der Waals surface area contributed by atoms with Crippen LogP contribution in [-0.4, -0.2) is 36.0 Å². The second-order valence-electron chi connectivity index (χ2n) is 3.84. The molecule has 0 radical (unpaired) electrons. The molecule has 1 amide bonds. The van der Waals surface area contributed by atoms with E-state index in [4.69, 9.17) is 4.74 Å². The van der Waals surface area contributed by atoms with Crippen molar-refractivity contribution in [1.82, 2.24) is 4.90 Å². The van der Waals surface area contributed by atoms with E-state index in [2.05, 4.69) is 6.58 Å². The van der Waals surface area contributed by atoms with Crippen LogP contribution in [0.3, 0.4) is 0 Å². The third-order valence-corrected chi connectivity index (χ3v) is 1.30. The first-order valence-electron chi connectivity index (χ1n) is 4.43. The van der Waals surface area contributed by atoms with E-state index in [9.17, 15) is 9.59 Å². The lowest BCUT2D eigenvalue weighted by Gasteiger charge is -2.25. The van der Waals surface area contributed by atoms with Gasteiger partial charge in [-0.2, -0.15) is 0 Å². The zero-order valence-corrected chi connectivity index (χ0v) is 8.95. The molecule has 0 saturated carbocycles. The van der Waals surface area contributed by atoms with Gasteiger partial charge in [0.25, 0.3) is 0 Å². The summed E-state index contributed by atoms with van der Waals surface area (Å²) in [6, 6.07) is 0. The van der Waals surface area contributed by atoms with E-state index < -0.39 is 11.7 Å². The smallest absolute Gasteiger partial charge is 0.410 e. The van der Waals surface area contributed by atoms with E-state index >= 15 is 0 Å². The minimum atomic E-state index is -0.542. The zero-order valence-electron chi connectivity index (χ0n) is 8.95. The summed E-state index contributed by atoms with van der Waals surface area (Å²) in [6.07, 6.45) is 1.71. The Morgan fingerprint density at radius 3 is 2.36 bits per heavy atom. The number of amides is 1. The van der Waals surface area contributed by atoms with Crippen molar-refractivity contribution in [3.8, 4) is 0 Å². The number of carbonyl (C=O) groups is 2. The number of aldehydes is 1. The average molecular weight is 199 g/mol. The second kappa shape index (κ2) is 5.42. The van der Waals surface area contributed by atoms with Crippen molar-refractivity contribution in [1.29, 1.82) is 0 Å². The SMILES string of the molecule is C=CCN(CC=O)C(=O)OC(C)(C)C. The monoisotopic (exact) mass is 199 g/mol. The van der Waals surface area contributed by atoms with Crippen molar-refractivity contribution in [3.05, 3.63) is 12.7 Å². The Morgan fingerprint density at radius 1 is 1.43 bits per heavy atom. The third kappa shape index (κ3) is 5.35. The fraction of sp³-hybridized carbons (Fsp3) is 0.600. The van der Waals surface area contributed by atoms with Gasteiger partial charge in [0.05, 0.1) is 6.54 Å². The van der Waals surface area contributed by atoms with E-state index in [-0.39, 0.29) is 6.54 Å². The van der Waals surface area contributed by atoms with E-state index in [1.54, 1.807) is 26.8 Å². The maximum absolute atomic E-state index is 11.4. The Kier molecular flexibility index (Phi) is 4.91. The highest BCUT2D eigenvalue weighted by atomic mass is 16.6. The summed E-state index contributed by atoms with van der Waals surface area (Å²) in [7, 11) is 0. The second-order valence-corrected chi connectivity index (χ2v) is 3.84. The first-order valence-corrected chi connectivity index (χ1v) is 4.43. The van der Waals surface area contributed by atoms with Crippen LogP contribution in [0.1, 0.15) is 20.8 Å². The van der Waals surface area contributed by atoms with Gasteiger partial charge in [0.15, 0.2) is 0 Å². The molecule has 0 saturated heterocycles. The Morgan fingerprint density at radius 2 is 2.00 bits per heavy atom. The number of rotatable bonds is 4. The molecule has 4 nitrogen and oxygen atoms in total. The van der Waals surface area contributed by atoms with Crippen LogP contribution >= 0.6 is 0 Å². The first kappa shape index (κ1) is 12.7. The van der Waals surface area contributed by atoms with Gasteiger partial charge in [-0.25, -0.2) is 4.79 Å². The van der Waals surface area contributed by atoms with Gasteiger partial charge >= 0.3 is 6.09 Å². The van der Waals surface area contributed by atoms with Crippen LogP contribution in [0, 0.1) is 0 Å². The molecular formula is C10H17NO3. The molecule has 80 valence electrons. The van der Waals surface area contributed by atoms with Gasteiger partial charge in [-0.05, 0) is 20.8 Å². The largest absolute Gasteiger partial charge is 0.444 e. The molecule has 4 heteroatoms. The van der Waals surface area contributed by atoms with Gasteiger partial charge in [0.1, 0.15) is 11.9 Å². The molecule has 0 rings (SSSR count). The van der Waals surface area contributed by atoms with Crippen LogP contribution in [-0.2, 0) is 9.53 Å². The highest BCUT2D eigenvalue weighted by Crippen LogP contribution is 2.09. The van der Waals surface area contributed by atoms with Crippen LogP contribution in [0.15, 0.2) is 12.7 Å². The van der Waals surface area contributed by atoms with Gasteiger partial charge in [-0.3, -0.25) is 4.90 Å². The van der Waals surface area contributed by atoms with E-state index in [1.165, 1.54) is 4.90 Å². The van der Waals surface area contributed by atoms with E-state index in [0.29, 0.717) is 12.8 Å². The molecule has 0 spiro atoms. The molecule has 0 aliphatic rings. The van der Waals surface area contributed by atoms with Crippen molar-refractivity contribution in [2.45, 2.75) is 26.4 Å².